The first-order chi connectivity index (χ1) is 25.3. The Morgan fingerprint density at radius 1 is 1.06 bits per heavy atom. The van der Waals surface area contributed by atoms with Gasteiger partial charge in [0, 0.05) is 60.8 Å². The number of hydrogen-bond acceptors (Lipinski definition) is 8. The van der Waals surface area contributed by atoms with Crippen molar-refractivity contribution in [2.45, 2.75) is 69.1 Å². The molecule has 1 saturated carbocycles. The third-order valence-electron chi connectivity index (χ3n) is 10.9. The van der Waals surface area contributed by atoms with Crippen LogP contribution >= 0.6 is 0 Å². The van der Waals surface area contributed by atoms with E-state index in [-0.39, 0.29) is 37.1 Å². The van der Waals surface area contributed by atoms with Crippen molar-refractivity contribution in [3.05, 3.63) is 66.7 Å². The molecular formula is C40H47N5O7. The van der Waals surface area contributed by atoms with Crippen molar-refractivity contribution >= 4 is 34.5 Å². The fraction of sp³-hybridized carbons (Fsp3) is 0.475. The number of hydrogen-bond donors (Lipinski definition) is 2. The number of methoxy groups -OCH3 is 1. The molecule has 0 radical (unpaired) electrons. The largest absolute Gasteiger partial charge is 0.497 e. The Labute approximate surface area is 303 Å². The average Bonchev–Trinajstić information content (AvgIpc) is 3.70. The van der Waals surface area contributed by atoms with Crippen LogP contribution in [-0.4, -0.2) is 96.1 Å². The van der Waals surface area contributed by atoms with Crippen LogP contribution in [0, 0.1) is 11.8 Å². The van der Waals surface area contributed by atoms with Gasteiger partial charge in [-0.3, -0.25) is 19.2 Å². The molecule has 12 heteroatoms. The Bertz CT molecular complexity index is 1840. The molecule has 0 bridgehead atoms. The molecule has 0 unspecified atom stereocenters. The quantitative estimate of drug-likeness (QED) is 0.349. The zero-order valence-electron chi connectivity index (χ0n) is 29.6. The van der Waals surface area contributed by atoms with E-state index in [0.717, 1.165) is 36.6 Å². The SMILES string of the molecule is COc1ccc2c(O[C@@H]3C[C@H]4C(=O)N[C@]5(C(N)=O)C[C@H]5/C=C\CCCCC[C@H](CC(=O)N5CCOCC5)C(=O)N4C3)cc(-c3ccccc3)nc2c1. The van der Waals surface area contributed by atoms with Gasteiger partial charge in [-0.05, 0) is 37.8 Å². The minimum Gasteiger partial charge on any atom is -0.497 e. The van der Waals surface area contributed by atoms with Crippen LogP contribution in [0.3, 0.4) is 0 Å². The summed E-state index contributed by atoms with van der Waals surface area (Å²) >= 11 is 0. The first-order valence-corrected chi connectivity index (χ1v) is 18.4. The molecule has 3 fully saturated rings. The first kappa shape index (κ1) is 35.4. The van der Waals surface area contributed by atoms with Gasteiger partial charge in [-0.15, -0.1) is 0 Å². The van der Waals surface area contributed by atoms with E-state index in [9.17, 15) is 19.2 Å². The molecule has 274 valence electrons. The van der Waals surface area contributed by atoms with Crippen LogP contribution in [0.2, 0.25) is 0 Å². The monoisotopic (exact) mass is 709 g/mol. The molecule has 3 aromatic rings. The van der Waals surface area contributed by atoms with Crippen LogP contribution in [-0.2, 0) is 23.9 Å². The molecule has 1 aliphatic carbocycles. The van der Waals surface area contributed by atoms with Crippen LogP contribution in [0.1, 0.15) is 51.4 Å². The lowest BCUT2D eigenvalue weighted by Gasteiger charge is -2.31. The summed E-state index contributed by atoms with van der Waals surface area (Å²) in [4.78, 5) is 63.3. The molecule has 4 amide bonds. The number of pyridine rings is 1. The molecular weight excluding hydrogens is 662 g/mol. The lowest BCUT2D eigenvalue weighted by molar-refractivity contribution is -0.146. The fourth-order valence-electron chi connectivity index (χ4n) is 7.81. The van der Waals surface area contributed by atoms with E-state index in [0.29, 0.717) is 61.9 Å². The third kappa shape index (κ3) is 7.48. The van der Waals surface area contributed by atoms with E-state index in [1.54, 1.807) is 16.9 Å². The molecule has 2 saturated heterocycles. The van der Waals surface area contributed by atoms with E-state index < -0.39 is 35.4 Å². The Hall–Kier alpha value is -4.97. The summed E-state index contributed by atoms with van der Waals surface area (Å²) in [5.74, 6) is -0.977. The number of aromatic nitrogens is 1. The number of nitrogens with zero attached hydrogens (tertiary/aromatic N) is 3. The van der Waals surface area contributed by atoms with Crippen molar-refractivity contribution in [3.8, 4) is 22.8 Å². The zero-order chi connectivity index (χ0) is 36.2. The van der Waals surface area contributed by atoms with Crippen molar-refractivity contribution in [3.63, 3.8) is 0 Å². The van der Waals surface area contributed by atoms with Gasteiger partial charge in [0.1, 0.15) is 29.2 Å². The molecule has 7 rings (SSSR count). The van der Waals surface area contributed by atoms with Crippen LogP contribution in [0.5, 0.6) is 11.5 Å². The van der Waals surface area contributed by atoms with E-state index in [4.69, 9.17) is 24.9 Å². The number of morpholine rings is 1. The number of benzene rings is 2. The van der Waals surface area contributed by atoms with Gasteiger partial charge in [0.25, 0.3) is 0 Å². The second-order valence-electron chi connectivity index (χ2n) is 14.3. The van der Waals surface area contributed by atoms with Gasteiger partial charge < -0.3 is 35.1 Å². The van der Waals surface area contributed by atoms with Crippen molar-refractivity contribution in [2.24, 2.45) is 17.6 Å². The number of ether oxygens (including phenoxy) is 3. The topological polar surface area (TPSA) is 153 Å². The van der Waals surface area contributed by atoms with Crippen molar-refractivity contribution < 1.29 is 33.4 Å². The van der Waals surface area contributed by atoms with E-state index in [1.165, 1.54) is 0 Å². The molecule has 0 spiro atoms. The summed E-state index contributed by atoms with van der Waals surface area (Å²) in [6, 6.07) is 16.3. The molecule has 4 heterocycles. The number of amides is 4. The molecule has 3 N–H and O–H groups in total. The zero-order valence-corrected chi connectivity index (χ0v) is 29.6. The lowest BCUT2D eigenvalue weighted by atomic mass is 9.94. The Balaban J connectivity index is 1.21. The molecule has 2 aromatic carbocycles. The molecule has 5 atom stereocenters. The smallest absolute Gasteiger partial charge is 0.243 e. The minimum atomic E-state index is -1.20. The minimum absolute atomic E-state index is 0.0552. The number of nitrogens with one attached hydrogen (secondary N) is 1. The number of carbonyl (C=O) groups is 4. The normalized spacial score (nSPS) is 27.4. The Morgan fingerprint density at radius 2 is 1.87 bits per heavy atom. The van der Waals surface area contributed by atoms with Crippen molar-refractivity contribution in [1.29, 1.82) is 0 Å². The van der Waals surface area contributed by atoms with Gasteiger partial charge in [0.15, 0.2) is 0 Å². The number of nitrogens with two attached hydrogens (primary N) is 1. The predicted molar refractivity (Wildman–Crippen MR) is 194 cm³/mol. The number of carbonyl (C=O) groups excluding carboxylic acids is 4. The summed E-state index contributed by atoms with van der Waals surface area (Å²) in [6.07, 6.45) is 8.05. The van der Waals surface area contributed by atoms with Gasteiger partial charge in [-0.1, -0.05) is 55.3 Å². The predicted octanol–water partition coefficient (Wildman–Crippen LogP) is 4.00. The first-order valence-electron chi connectivity index (χ1n) is 18.4. The van der Waals surface area contributed by atoms with E-state index in [2.05, 4.69) is 11.4 Å². The van der Waals surface area contributed by atoms with Crippen molar-refractivity contribution in [2.75, 3.05) is 40.0 Å². The highest BCUT2D eigenvalue weighted by molar-refractivity contribution is 5.97. The maximum atomic E-state index is 14.6. The van der Waals surface area contributed by atoms with E-state index in [1.807, 2.05) is 60.7 Å². The van der Waals surface area contributed by atoms with Gasteiger partial charge in [-0.25, -0.2) is 4.98 Å². The average molecular weight is 710 g/mol. The second kappa shape index (κ2) is 15.3. The maximum Gasteiger partial charge on any atom is 0.243 e. The highest BCUT2D eigenvalue weighted by Crippen LogP contribution is 2.45. The summed E-state index contributed by atoms with van der Waals surface area (Å²) < 4.78 is 17.7. The molecule has 52 heavy (non-hydrogen) atoms. The number of fused-ring (bicyclic) bond motifs is 3. The Kier molecular flexibility index (Phi) is 10.4. The number of allylic oxidation sites excluding steroid dienone is 1. The highest BCUT2D eigenvalue weighted by atomic mass is 16.5. The molecule has 1 aromatic heterocycles. The number of rotatable bonds is 7. The van der Waals surface area contributed by atoms with E-state index >= 15 is 0 Å². The van der Waals surface area contributed by atoms with Crippen LogP contribution in [0.15, 0.2) is 66.7 Å². The summed E-state index contributed by atoms with van der Waals surface area (Å²) in [5, 5.41) is 3.73. The van der Waals surface area contributed by atoms with Crippen LogP contribution < -0.4 is 20.5 Å². The maximum absolute atomic E-state index is 14.6. The van der Waals surface area contributed by atoms with Crippen molar-refractivity contribution in [1.82, 2.24) is 20.1 Å². The molecule has 12 nitrogen and oxygen atoms in total. The van der Waals surface area contributed by atoms with Crippen LogP contribution in [0.25, 0.3) is 22.2 Å². The van der Waals surface area contributed by atoms with Crippen LogP contribution in [0.4, 0.5) is 0 Å². The molecule has 4 aliphatic rings. The highest BCUT2D eigenvalue weighted by Gasteiger charge is 2.60. The van der Waals surface area contributed by atoms with Gasteiger partial charge >= 0.3 is 0 Å². The van der Waals surface area contributed by atoms with Gasteiger partial charge in [0.2, 0.25) is 23.6 Å². The summed E-state index contributed by atoms with van der Waals surface area (Å²) in [5.41, 5.74) is 6.98. The third-order valence-corrected chi connectivity index (χ3v) is 10.9. The summed E-state index contributed by atoms with van der Waals surface area (Å²) in [6.45, 7) is 2.05. The molecule has 3 aliphatic heterocycles. The fourth-order valence-corrected chi connectivity index (χ4v) is 7.81. The van der Waals surface area contributed by atoms with Gasteiger partial charge in [-0.2, -0.15) is 0 Å². The Morgan fingerprint density at radius 3 is 2.63 bits per heavy atom. The standard InChI is InChI=1S/C40H47N5O7/c1-50-29-14-15-31-33(21-29)42-32(26-10-7-5-8-11-26)23-35(31)52-30-22-34-37(47)43-40(39(41)49)24-28(40)13-9-4-2-3-6-12-27(38(48)45(34)25-30)20-36(46)44-16-18-51-19-17-44/h5,7-11,13-15,21,23,27-28,30,34H,2-4,6,12,16-20,22,24-25H2,1H3,(H2,41,49)(H,43,47)/b13-9-/t27-,28-,30-,34+,40-/m1/s1. The number of primary amides is 1. The van der Waals surface area contributed by atoms with Gasteiger partial charge in [0.05, 0.1) is 38.1 Å². The summed E-state index contributed by atoms with van der Waals surface area (Å²) in [7, 11) is 1.60. The second-order valence-corrected chi connectivity index (χ2v) is 14.3. The lowest BCUT2D eigenvalue weighted by Crippen LogP contribution is -2.55.